The first kappa shape index (κ1) is 16.5. The number of aryl methyl sites for hydroxylation is 1. The van der Waals surface area contributed by atoms with E-state index >= 15 is 0 Å². The number of morpholine rings is 1. The molecule has 7 heteroatoms. The molecule has 1 fully saturated rings. The van der Waals surface area contributed by atoms with Crippen molar-refractivity contribution >= 4 is 12.2 Å². The predicted molar refractivity (Wildman–Crippen MR) is 93.6 cm³/mol. The van der Waals surface area contributed by atoms with Crippen LogP contribution in [0.1, 0.15) is 11.3 Å². The Balaban J connectivity index is 1.54. The molecule has 1 saturated heterocycles. The number of imidazole rings is 1. The summed E-state index contributed by atoms with van der Waals surface area (Å²) in [5, 5.41) is 4.32. The van der Waals surface area contributed by atoms with Gasteiger partial charge in [0.05, 0.1) is 31.3 Å². The normalized spacial score (nSPS) is 15.9. The van der Waals surface area contributed by atoms with Crippen molar-refractivity contribution < 1.29 is 9.47 Å². The van der Waals surface area contributed by atoms with E-state index in [2.05, 4.69) is 15.0 Å². The van der Waals surface area contributed by atoms with Crippen LogP contribution in [-0.4, -0.2) is 60.2 Å². The van der Waals surface area contributed by atoms with Crippen LogP contribution in [0.4, 0.5) is 5.95 Å². The third kappa shape index (κ3) is 4.56. The van der Waals surface area contributed by atoms with E-state index < -0.39 is 0 Å². The maximum Gasteiger partial charge on any atom is 0.221 e. The van der Waals surface area contributed by atoms with Crippen LogP contribution in [-0.2, 0) is 4.74 Å². The van der Waals surface area contributed by atoms with Crippen molar-refractivity contribution in [1.29, 1.82) is 0 Å². The molecule has 2 N–H and O–H groups in total. The number of nitrogens with zero attached hydrogens (tertiary/aromatic N) is 4. The van der Waals surface area contributed by atoms with Crippen LogP contribution in [0.15, 0.2) is 35.6 Å². The van der Waals surface area contributed by atoms with Crippen molar-refractivity contribution in [3.63, 3.8) is 0 Å². The summed E-state index contributed by atoms with van der Waals surface area (Å²) in [5.74, 6) is 1.21. The summed E-state index contributed by atoms with van der Waals surface area (Å²) >= 11 is 0. The van der Waals surface area contributed by atoms with Gasteiger partial charge in [-0.3, -0.25) is 4.90 Å². The van der Waals surface area contributed by atoms with E-state index in [1.807, 2.05) is 31.2 Å². The Kier molecular flexibility index (Phi) is 5.45. The van der Waals surface area contributed by atoms with Gasteiger partial charge in [0.15, 0.2) is 0 Å². The molecule has 128 valence electrons. The van der Waals surface area contributed by atoms with E-state index in [-0.39, 0.29) is 0 Å². The van der Waals surface area contributed by atoms with Crippen LogP contribution in [0.25, 0.3) is 0 Å². The van der Waals surface area contributed by atoms with Crippen molar-refractivity contribution in [1.82, 2.24) is 14.6 Å². The Labute approximate surface area is 141 Å². The minimum Gasteiger partial charge on any atom is -0.492 e. The number of nitrogen functional groups attached to an aromatic ring is 1. The topological polar surface area (TPSA) is 77.9 Å². The zero-order valence-corrected chi connectivity index (χ0v) is 13.9. The third-order valence-electron chi connectivity index (χ3n) is 3.80. The smallest absolute Gasteiger partial charge is 0.221 e. The van der Waals surface area contributed by atoms with Crippen LogP contribution < -0.4 is 10.5 Å². The highest BCUT2D eigenvalue weighted by Gasteiger charge is 2.09. The molecule has 7 nitrogen and oxygen atoms in total. The fourth-order valence-electron chi connectivity index (χ4n) is 2.53. The average Bonchev–Trinajstić information content (AvgIpc) is 2.92. The third-order valence-corrected chi connectivity index (χ3v) is 3.80. The molecular formula is C17H23N5O2. The number of hydrogen-bond acceptors (Lipinski definition) is 6. The Morgan fingerprint density at radius 2 is 2.21 bits per heavy atom. The average molecular weight is 329 g/mol. The van der Waals surface area contributed by atoms with E-state index in [0.717, 1.165) is 49.9 Å². The molecule has 2 aromatic rings. The molecule has 0 spiro atoms. The Morgan fingerprint density at radius 3 is 2.96 bits per heavy atom. The zero-order valence-electron chi connectivity index (χ0n) is 13.9. The fourth-order valence-corrected chi connectivity index (χ4v) is 2.53. The molecule has 1 aliphatic rings. The molecule has 1 aliphatic heterocycles. The molecule has 0 unspecified atom stereocenters. The molecule has 0 bridgehead atoms. The first-order valence-electron chi connectivity index (χ1n) is 8.09. The van der Waals surface area contributed by atoms with Crippen LogP contribution in [0.5, 0.6) is 5.75 Å². The fraction of sp³-hybridized carbons (Fsp3) is 0.412. The SMILES string of the molecule is Cc1cn(N=Cc2cccc(OCCN3CCOCC3)c2)c(N)n1. The predicted octanol–water partition coefficient (Wildman–Crippen LogP) is 1.37. The summed E-state index contributed by atoms with van der Waals surface area (Å²) in [6.07, 6.45) is 3.53. The molecule has 0 atom stereocenters. The Morgan fingerprint density at radius 1 is 1.38 bits per heavy atom. The van der Waals surface area contributed by atoms with Gasteiger partial charge in [0.1, 0.15) is 12.4 Å². The van der Waals surface area contributed by atoms with Crippen molar-refractivity contribution in [3.8, 4) is 5.75 Å². The second-order valence-electron chi connectivity index (χ2n) is 5.70. The van der Waals surface area contributed by atoms with E-state index in [4.69, 9.17) is 15.2 Å². The van der Waals surface area contributed by atoms with Gasteiger partial charge in [-0.05, 0) is 24.6 Å². The number of aromatic nitrogens is 2. The minimum atomic E-state index is 0.377. The number of benzene rings is 1. The van der Waals surface area contributed by atoms with Crippen LogP contribution in [0.3, 0.4) is 0 Å². The zero-order chi connectivity index (χ0) is 16.8. The molecule has 0 radical (unpaired) electrons. The number of rotatable bonds is 6. The Bertz CT molecular complexity index is 692. The summed E-state index contributed by atoms with van der Waals surface area (Å²) in [4.78, 5) is 6.46. The first-order chi connectivity index (χ1) is 11.7. The second kappa shape index (κ2) is 7.94. The van der Waals surface area contributed by atoms with E-state index in [9.17, 15) is 0 Å². The molecule has 1 aromatic carbocycles. The van der Waals surface area contributed by atoms with Gasteiger partial charge in [-0.1, -0.05) is 12.1 Å². The minimum absolute atomic E-state index is 0.377. The highest BCUT2D eigenvalue weighted by molar-refractivity contribution is 5.80. The maximum atomic E-state index is 5.84. The number of hydrogen-bond donors (Lipinski definition) is 1. The number of nitrogens with two attached hydrogens (primary N) is 1. The highest BCUT2D eigenvalue weighted by Crippen LogP contribution is 2.13. The van der Waals surface area contributed by atoms with E-state index in [0.29, 0.717) is 12.6 Å². The van der Waals surface area contributed by atoms with Gasteiger partial charge in [0, 0.05) is 19.6 Å². The van der Waals surface area contributed by atoms with Gasteiger partial charge in [-0.2, -0.15) is 5.10 Å². The molecule has 0 saturated carbocycles. The van der Waals surface area contributed by atoms with Gasteiger partial charge in [0.2, 0.25) is 5.95 Å². The lowest BCUT2D eigenvalue weighted by Gasteiger charge is -2.26. The summed E-state index contributed by atoms with van der Waals surface area (Å²) in [5.41, 5.74) is 7.56. The molecular weight excluding hydrogens is 306 g/mol. The number of ether oxygens (including phenoxy) is 2. The van der Waals surface area contributed by atoms with Crippen LogP contribution >= 0.6 is 0 Å². The van der Waals surface area contributed by atoms with E-state index in [1.165, 1.54) is 0 Å². The lowest BCUT2D eigenvalue weighted by molar-refractivity contribution is 0.0322. The molecule has 1 aromatic heterocycles. The standard InChI is InChI=1S/C17H23N5O2/c1-14-13-22(17(18)20-14)19-12-15-3-2-4-16(11-15)24-10-7-21-5-8-23-9-6-21/h2-4,11-13H,5-10H2,1H3,(H2,18,20). The highest BCUT2D eigenvalue weighted by atomic mass is 16.5. The van der Waals surface area contributed by atoms with E-state index in [1.54, 1.807) is 17.1 Å². The monoisotopic (exact) mass is 329 g/mol. The van der Waals surface area contributed by atoms with Gasteiger partial charge in [-0.25, -0.2) is 9.66 Å². The maximum absolute atomic E-state index is 5.84. The van der Waals surface area contributed by atoms with Gasteiger partial charge in [0.25, 0.3) is 0 Å². The summed E-state index contributed by atoms with van der Waals surface area (Å²) in [6, 6.07) is 7.83. The van der Waals surface area contributed by atoms with Gasteiger partial charge < -0.3 is 15.2 Å². The van der Waals surface area contributed by atoms with Crippen molar-refractivity contribution in [2.24, 2.45) is 5.10 Å². The molecule has 0 amide bonds. The molecule has 3 rings (SSSR count). The Hall–Kier alpha value is -2.38. The van der Waals surface area contributed by atoms with Gasteiger partial charge >= 0.3 is 0 Å². The second-order valence-corrected chi connectivity index (χ2v) is 5.70. The van der Waals surface area contributed by atoms with Gasteiger partial charge in [-0.15, -0.1) is 0 Å². The quantitative estimate of drug-likeness (QED) is 0.810. The van der Waals surface area contributed by atoms with Crippen LogP contribution in [0, 0.1) is 6.92 Å². The van der Waals surface area contributed by atoms with Crippen molar-refractivity contribution in [3.05, 3.63) is 41.7 Å². The largest absolute Gasteiger partial charge is 0.492 e. The van der Waals surface area contributed by atoms with Crippen molar-refractivity contribution in [2.45, 2.75) is 6.92 Å². The molecule has 2 heterocycles. The summed E-state index contributed by atoms with van der Waals surface area (Å²) in [6.45, 7) is 7.02. The lowest BCUT2D eigenvalue weighted by atomic mass is 10.2. The van der Waals surface area contributed by atoms with Crippen LogP contribution in [0.2, 0.25) is 0 Å². The number of anilines is 1. The first-order valence-corrected chi connectivity index (χ1v) is 8.09. The lowest BCUT2D eigenvalue weighted by Crippen LogP contribution is -2.38. The van der Waals surface area contributed by atoms with Crippen molar-refractivity contribution in [2.75, 3.05) is 45.2 Å². The summed E-state index contributed by atoms with van der Waals surface area (Å²) < 4.78 is 12.7. The molecule has 0 aliphatic carbocycles. The molecule has 24 heavy (non-hydrogen) atoms. The summed E-state index contributed by atoms with van der Waals surface area (Å²) in [7, 11) is 0.